The minimum Gasteiger partial charge on any atom is -0.379 e. The number of hydrogen-bond acceptors (Lipinski definition) is 3. The van der Waals surface area contributed by atoms with Crippen molar-refractivity contribution in [3.63, 3.8) is 0 Å². The molecule has 6 heteroatoms. The third-order valence-corrected chi connectivity index (χ3v) is 5.49. The van der Waals surface area contributed by atoms with Crippen molar-refractivity contribution in [2.45, 2.75) is 44.2 Å². The van der Waals surface area contributed by atoms with E-state index in [-0.39, 0.29) is 12.4 Å². The first-order valence-corrected chi connectivity index (χ1v) is 9.37. The van der Waals surface area contributed by atoms with Gasteiger partial charge in [0, 0.05) is 29.2 Å². The SMILES string of the molecule is Cl.Clc1ccc(CCO[C@H]2CCCC[C@@H]2N2CCOCC2)c(Cl)c1. The molecule has 2 aliphatic rings. The maximum Gasteiger partial charge on any atom is 0.0730 e. The fourth-order valence-corrected chi connectivity index (χ4v) is 4.15. The Morgan fingerprint density at radius 1 is 1.12 bits per heavy atom. The third-order valence-electron chi connectivity index (χ3n) is 4.90. The van der Waals surface area contributed by atoms with Crippen LogP contribution in [0.15, 0.2) is 18.2 Å². The molecule has 0 unspecified atom stereocenters. The van der Waals surface area contributed by atoms with Crippen LogP contribution in [0.5, 0.6) is 0 Å². The van der Waals surface area contributed by atoms with E-state index in [4.69, 9.17) is 32.7 Å². The normalized spacial score (nSPS) is 25.2. The van der Waals surface area contributed by atoms with E-state index in [1.54, 1.807) is 6.07 Å². The van der Waals surface area contributed by atoms with Gasteiger partial charge < -0.3 is 9.47 Å². The van der Waals surface area contributed by atoms with Crippen LogP contribution in [0.25, 0.3) is 0 Å². The second-order valence-electron chi connectivity index (χ2n) is 6.40. The summed E-state index contributed by atoms with van der Waals surface area (Å²) in [6, 6.07) is 6.23. The first kappa shape index (κ1) is 20.3. The number of hydrogen-bond donors (Lipinski definition) is 0. The molecule has 1 aromatic carbocycles. The highest BCUT2D eigenvalue weighted by atomic mass is 35.5. The fraction of sp³-hybridized carbons (Fsp3) is 0.667. The van der Waals surface area contributed by atoms with Gasteiger partial charge in [0.05, 0.1) is 25.9 Å². The third kappa shape index (κ3) is 5.48. The molecule has 0 N–H and O–H groups in total. The molecule has 1 saturated carbocycles. The van der Waals surface area contributed by atoms with Gasteiger partial charge in [0.2, 0.25) is 0 Å². The van der Waals surface area contributed by atoms with Crippen LogP contribution >= 0.6 is 35.6 Å². The van der Waals surface area contributed by atoms with E-state index in [9.17, 15) is 0 Å². The summed E-state index contributed by atoms with van der Waals surface area (Å²) in [7, 11) is 0. The average molecular weight is 395 g/mol. The number of morpholine rings is 1. The van der Waals surface area contributed by atoms with Crippen molar-refractivity contribution in [3.8, 4) is 0 Å². The van der Waals surface area contributed by atoms with E-state index < -0.39 is 0 Å². The second kappa shape index (κ2) is 10.2. The summed E-state index contributed by atoms with van der Waals surface area (Å²) >= 11 is 12.2. The van der Waals surface area contributed by atoms with Crippen LogP contribution in [0.4, 0.5) is 0 Å². The fourth-order valence-electron chi connectivity index (χ4n) is 3.64. The van der Waals surface area contributed by atoms with E-state index in [1.165, 1.54) is 19.3 Å². The van der Waals surface area contributed by atoms with Gasteiger partial charge in [-0.2, -0.15) is 0 Å². The molecule has 0 spiro atoms. The number of halogens is 3. The molecule has 0 radical (unpaired) electrons. The molecule has 136 valence electrons. The van der Waals surface area contributed by atoms with Crippen LogP contribution in [0.2, 0.25) is 10.0 Å². The maximum atomic E-state index is 6.26. The van der Waals surface area contributed by atoms with Gasteiger partial charge in [-0.1, -0.05) is 42.1 Å². The monoisotopic (exact) mass is 393 g/mol. The smallest absolute Gasteiger partial charge is 0.0730 e. The van der Waals surface area contributed by atoms with Crippen LogP contribution in [-0.2, 0) is 15.9 Å². The Morgan fingerprint density at radius 2 is 1.88 bits per heavy atom. The highest BCUT2D eigenvalue weighted by Crippen LogP contribution is 2.27. The van der Waals surface area contributed by atoms with Crippen molar-refractivity contribution >= 4 is 35.6 Å². The van der Waals surface area contributed by atoms with Gasteiger partial charge >= 0.3 is 0 Å². The molecule has 1 saturated heterocycles. The molecule has 0 bridgehead atoms. The van der Waals surface area contributed by atoms with Gasteiger partial charge in [-0.05, 0) is 37.0 Å². The van der Waals surface area contributed by atoms with E-state index in [0.717, 1.165) is 49.7 Å². The van der Waals surface area contributed by atoms with Gasteiger partial charge in [0.25, 0.3) is 0 Å². The van der Waals surface area contributed by atoms with Crippen LogP contribution in [0, 0.1) is 0 Å². The molecular weight excluding hydrogens is 369 g/mol. The van der Waals surface area contributed by atoms with E-state index in [1.807, 2.05) is 12.1 Å². The summed E-state index contributed by atoms with van der Waals surface area (Å²) in [6.45, 7) is 4.49. The average Bonchev–Trinajstić information content (AvgIpc) is 2.58. The Morgan fingerprint density at radius 3 is 2.62 bits per heavy atom. The molecule has 2 fully saturated rings. The lowest BCUT2D eigenvalue weighted by atomic mass is 9.91. The van der Waals surface area contributed by atoms with Gasteiger partial charge in [-0.25, -0.2) is 0 Å². The van der Waals surface area contributed by atoms with E-state index >= 15 is 0 Å². The highest BCUT2D eigenvalue weighted by Gasteiger charge is 2.31. The molecule has 0 aromatic heterocycles. The molecular formula is C18H26Cl3NO2. The van der Waals surface area contributed by atoms with Crippen LogP contribution in [0.3, 0.4) is 0 Å². The molecule has 1 aliphatic carbocycles. The topological polar surface area (TPSA) is 21.7 Å². The molecule has 1 heterocycles. The Labute approximate surface area is 161 Å². The first-order valence-electron chi connectivity index (χ1n) is 8.61. The summed E-state index contributed by atoms with van der Waals surface area (Å²) < 4.78 is 11.7. The van der Waals surface area contributed by atoms with Gasteiger partial charge in [0.15, 0.2) is 0 Å². The first-order chi connectivity index (χ1) is 11.2. The molecule has 1 aromatic rings. The van der Waals surface area contributed by atoms with Crippen molar-refractivity contribution in [2.75, 3.05) is 32.9 Å². The zero-order valence-electron chi connectivity index (χ0n) is 13.9. The number of ether oxygens (including phenoxy) is 2. The highest BCUT2D eigenvalue weighted by molar-refractivity contribution is 6.35. The Balaban J connectivity index is 0.00000208. The maximum absolute atomic E-state index is 6.26. The summed E-state index contributed by atoms with van der Waals surface area (Å²) in [5.41, 5.74) is 1.11. The summed E-state index contributed by atoms with van der Waals surface area (Å²) in [5, 5.41) is 1.41. The summed E-state index contributed by atoms with van der Waals surface area (Å²) in [4.78, 5) is 2.56. The number of rotatable bonds is 5. The summed E-state index contributed by atoms with van der Waals surface area (Å²) in [5.74, 6) is 0. The summed E-state index contributed by atoms with van der Waals surface area (Å²) in [6.07, 6.45) is 6.16. The van der Waals surface area contributed by atoms with Crippen LogP contribution in [-0.4, -0.2) is 50.0 Å². The standard InChI is InChI=1S/C18H25Cl2NO2.ClH/c19-15-6-5-14(16(20)13-15)7-10-23-18-4-2-1-3-17(18)21-8-11-22-12-9-21;/h5-6,13,17-18H,1-4,7-12H2;1H/t17-,18-;/m0./s1. The van der Waals surface area contributed by atoms with E-state index in [2.05, 4.69) is 4.90 Å². The predicted molar refractivity (Wildman–Crippen MR) is 102 cm³/mol. The van der Waals surface area contributed by atoms with Gasteiger partial charge in [-0.15, -0.1) is 12.4 Å². The lowest BCUT2D eigenvalue weighted by molar-refractivity contribution is -0.0647. The van der Waals surface area contributed by atoms with E-state index in [0.29, 0.717) is 23.8 Å². The predicted octanol–water partition coefficient (Wildman–Crippen LogP) is 4.62. The molecule has 24 heavy (non-hydrogen) atoms. The van der Waals surface area contributed by atoms with Crippen molar-refractivity contribution in [1.29, 1.82) is 0 Å². The molecule has 2 atom stereocenters. The lowest BCUT2D eigenvalue weighted by Crippen LogP contribution is -2.51. The van der Waals surface area contributed by atoms with Crippen molar-refractivity contribution in [2.24, 2.45) is 0 Å². The van der Waals surface area contributed by atoms with Crippen molar-refractivity contribution in [3.05, 3.63) is 33.8 Å². The van der Waals surface area contributed by atoms with Crippen LogP contribution < -0.4 is 0 Å². The van der Waals surface area contributed by atoms with Gasteiger partial charge in [-0.3, -0.25) is 4.90 Å². The largest absolute Gasteiger partial charge is 0.379 e. The molecule has 1 aliphatic heterocycles. The van der Waals surface area contributed by atoms with Crippen molar-refractivity contribution in [1.82, 2.24) is 4.90 Å². The Bertz CT molecular complexity index is 509. The number of benzene rings is 1. The Kier molecular flexibility index (Phi) is 8.62. The lowest BCUT2D eigenvalue weighted by Gasteiger charge is -2.41. The van der Waals surface area contributed by atoms with Gasteiger partial charge in [0.1, 0.15) is 0 Å². The Hall–Kier alpha value is -0.0300. The zero-order valence-corrected chi connectivity index (χ0v) is 16.2. The molecule has 0 amide bonds. The molecule has 3 nitrogen and oxygen atoms in total. The minimum absolute atomic E-state index is 0. The quantitative estimate of drug-likeness (QED) is 0.727. The second-order valence-corrected chi connectivity index (χ2v) is 7.24. The van der Waals surface area contributed by atoms with Crippen LogP contribution in [0.1, 0.15) is 31.2 Å². The minimum atomic E-state index is 0. The number of nitrogens with zero attached hydrogens (tertiary/aromatic N) is 1. The molecule has 3 rings (SSSR count). The zero-order chi connectivity index (χ0) is 16.1. The van der Waals surface area contributed by atoms with Crippen molar-refractivity contribution < 1.29 is 9.47 Å².